The van der Waals surface area contributed by atoms with Gasteiger partial charge >= 0.3 is 0 Å². The van der Waals surface area contributed by atoms with Crippen LogP contribution >= 0.6 is 15.9 Å². The first-order valence-corrected chi connectivity index (χ1v) is 7.35. The number of halogens is 1. The highest BCUT2D eigenvalue weighted by atomic mass is 79.9. The van der Waals surface area contributed by atoms with Gasteiger partial charge in [-0.1, -0.05) is 12.1 Å². The van der Waals surface area contributed by atoms with Crippen LogP contribution in [0.5, 0.6) is 0 Å². The number of aromatic nitrogens is 2. The van der Waals surface area contributed by atoms with Crippen LogP contribution in [-0.4, -0.2) is 16.1 Å². The van der Waals surface area contributed by atoms with Crippen molar-refractivity contribution >= 4 is 38.4 Å². The lowest BCUT2D eigenvalue weighted by Crippen LogP contribution is -2.13. The Labute approximate surface area is 130 Å². The topological polar surface area (TPSA) is 57.8 Å². The third-order valence-electron chi connectivity index (χ3n) is 3.37. The van der Waals surface area contributed by atoms with E-state index in [9.17, 15) is 4.79 Å². The molecular formula is C16H14BrN3O. The lowest BCUT2D eigenvalue weighted by Gasteiger charge is -2.12. The number of amides is 1. The van der Waals surface area contributed by atoms with Gasteiger partial charge in [0, 0.05) is 15.4 Å². The fourth-order valence-corrected chi connectivity index (χ4v) is 3.11. The molecule has 21 heavy (non-hydrogen) atoms. The summed E-state index contributed by atoms with van der Waals surface area (Å²) >= 11 is 3.50. The maximum Gasteiger partial charge on any atom is 0.255 e. The molecule has 106 valence electrons. The van der Waals surface area contributed by atoms with E-state index < -0.39 is 0 Å². The largest absolute Gasteiger partial charge is 0.321 e. The van der Waals surface area contributed by atoms with Gasteiger partial charge < -0.3 is 5.32 Å². The second-order valence-corrected chi connectivity index (χ2v) is 5.92. The number of hydrogen-bond donors (Lipinski definition) is 2. The first kappa shape index (κ1) is 13.8. The van der Waals surface area contributed by atoms with Crippen molar-refractivity contribution in [3.63, 3.8) is 0 Å². The summed E-state index contributed by atoms with van der Waals surface area (Å²) in [5, 5.41) is 10.8. The van der Waals surface area contributed by atoms with E-state index in [4.69, 9.17) is 0 Å². The number of nitrogens with zero attached hydrogens (tertiary/aromatic N) is 1. The molecule has 1 heterocycles. The fourth-order valence-electron chi connectivity index (χ4n) is 2.34. The zero-order valence-corrected chi connectivity index (χ0v) is 13.3. The zero-order chi connectivity index (χ0) is 15.0. The average molecular weight is 344 g/mol. The van der Waals surface area contributed by atoms with Crippen LogP contribution in [0.1, 0.15) is 21.5 Å². The van der Waals surface area contributed by atoms with E-state index in [1.807, 2.05) is 32.0 Å². The molecule has 0 unspecified atom stereocenters. The van der Waals surface area contributed by atoms with Gasteiger partial charge in [-0.2, -0.15) is 5.10 Å². The smallest absolute Gasteiger partial charge is 0.255 e. The molecule has 0 bridgehead atoms. The minimum Gasteiger partial charge on any atom is -0.321 e. The third-order valence-corrected chi connectivity index (χ3v) is 4.00. The Bertz CT molecular complexity index is 815. The highest BCUT2D eigenvalue weighted by Gasteiger charge is 2.12. The molecule has 0 aliphatic heterocycles. The van der Waals surface area contributed by atoms with Gasteiger partial charge in [0.25, 0.3) is 5.91 Å². The van der Waals surface area contributed by atoms with Gasteiger partial charge in [0.1, 0.15) is 0 Å². The Morgan fingerprint density at radius 1 is 1.24 bits per heavy atom. The molecule has 0 spiro atoms. The number of benzene rings is 2. The van der Waals surface area contributed by atoms with Gasteiger partial charge in [-0.25, -0.2) is 0 Å². The van der Waals surface area contributed by atoms with E-state index in [2.05, 4.69) is 31.4 Å². The number of rotatable bonds is 2. The molecule has 0 saturated carbocycles. The van der Waals surface area contributed by atoms with Gasteiger partial charge in [0.2, 0.25) is 0 Å². The highest BCUT2D eigenvalue weighted by Crippen LogP contribution is 2.28. The van der Waals surface area contributed by atoms with Crippen LogP contribution < -0.4 is 5.32 Å². The minimum absolute atomic E-state index is 0.140. The predicted octanol–water partition coefficient (Wildman–Crippen LogP) is 4.19. The molecule has 2 N–H and O–H groups in total. The molecule has 3 rings (SSSR count). The summed E-state index contributed by atoms with van der Waals surface area (Å²) in [5.74, 6) is -0.140. The number of nitrogens with one attached hydrogen (secondary N) is 2. The van der Waals surface area contributed by atoms with Gasteiger partial charge in [0.05, 0.1) is 17.4 Å². The minimum atomic E-state index is -0.140. The van der Waals surface area contributed by atoms with Gasteiger partial charge in [-0.05, 0) is 59.1 Å². The fraction of sp³-hybridized carbons (Fsp3) is 0.125. The van der Waals surface area contributed by atoms with Gasteiger partial charge in [-0.3, -0.25) is 9.89 Å². The number of carbonyl (C=O) groups excluding carboxylic acids is 1. The molecule has 0 fully saturated rings. The standard InChI is InChI=1S/C16H14BrN3O/c1-9-5-10(2)15(13(17)6-9)19-16(21)11-3-4-12-8-18-20-14(12)7-11/h3-8H,1-2H3,(H,18,20)(H,19,21). The van der Waals surface area contributed by atoms with Crippen LogP contribution in [0.4, 0.5) is 5.69 Å². The Hall–Kier alpha value is -2.14. The maximum absolute atomic E-state index is 12.4. The maximum atomic E-state index is 12.4. The number of carbonyl (C=O) groups is 1. The second kappa shape index (κ2) is 5.33. The van der Waals surface area contributed by atoms with Crippen LogP contribution in [-0.2, 0) is 0 Å². The monoisotopic (exact) mass is 343 g/mol. The Kier molecular flexibility index (Phi) is 3.51. The number of hydrogen-bond acceptors (Lipinski definition) is 2. The summed E-state index contributed by atoms with van der Waals surface area (Å²) in [6, 6.07) is 9.50. The van der Waals surface area contributed by atoms with Crippen molar-refractivity contribution in [1.29, 1.82) is 0 Å². The van der Waals surface area contributed by atoms with Crippen molar-refractivity contribution in [2.24, 2.45) is 0 Å². The normalized spacial score (nSPS) is 10.8. The summed E-state index contributed by atoms with van der Waals surface area (Å²) in [7, 11) is 0. The van der Waals surface area contributed by atoms with Crippen molar-refractivity contribution in [2.45, 2.75) is 13.8 Å². The highest BCUT2D eigenvalue weighted by molar-refractivity contribution is 9.10. The molecule has 1 amide bonds. The molecule has 0 radical (unpaired) electrons. The molecule has 2 aromatic carbocycles. The lowest BCUT2D eigenvalue weighted by atomic mass is 10.1. The number of anilines is 1. The number of fused-ring (bicyclic) bond motifs is 1. The Morgan fingerprint density at radius 2 is 2.05 bits per heavy atom. The van der Waals surface area contributed by atoms with Crippen molar-refractivity contribution < 1.29 is 4.79 Å². The number of aromatic amines is 1. The van der Waals surface area contributed by atoms with Crippen LogP contribution in [0, 0.1) is 13.8 Å². The summed E-state index contributed by atoms with van der Waals surface area (Å²) in [5.41, 5.74) is 4.42. The van der Waals surface area contributed by atoms with Crippen LogP contribution in [0.15, 0.2) is 41.0 Å². The van der Waals surface area contributed by atoms with Crippen molar-refractivity contribution in [2.75, 3.05) is 5.32 Å². The van der Waals surface area contributed by atoms with E-state index in [1.165, 1.54) is 0 Å². The second-order valence-electron chi connectivity index (χ2n) is 5.06. The van der Waals surface area contributed by atoms with E-state index >= 15 is 0 Å². The molecule has 0 aliphatic carbocycles. The first-order valence-electron chi connectivity index (χ1n) is 6.56. The van der Waals surface area contributed by atoms with Crippen molar-refractivity contribution in [3.8, 4) is 0 Å². The van der Waals surface area contributed by atoms with Gasteiger partial charge in [-0.15, -0.1) is 0 Å². The summed E-state index contributed by atoms with van der Waals surface area (Å²) in [6.45, 7) is 4.00. The molecule has 0 saturated heterocycles. The van der Waals surface area contributed by atoms with Crippen LogP contribution in [0.3, 0.4) is 0 Å². The summed E-state index contributed by atoms with van der Waals surface area (Å²) in [6.07, 6.45) is 1.73. The first-order chi connectivity index (χ1) is 10.0. The lowest BCUT2D eigenvalue weighted by molar-refractivity contribution is 0.102. The third kappa shape index (κ3) is 2.69. The SMILES string of the molecule is Cc1cc(C)c(NC(=O)c2ccc3cn[nH]c3c2)c(Br)c1. The molecule has 0 aliphatic rings. The van der Waals surface area contributed by atoms with Gasteiger partial charge in [0.15, 0.2) is 0 Å². The Balaban J connectivity index is 1.92. The predicted molar refractivity (Wildman–Crippen MR) is 87.7 cm³/mol. The molecule has 3 aromatic rings. The molecule has 1 aromatic heterocycles. The Morgan fingerprint density at radius 3 is 2.81 bits per heavy atom. The summed E-state index contributed by atoms with van der Waals surface area (Å²) in [4.78, 5) is 12.4. The van der Waals surface area contributed by atoms with Crippen LogP contribution in [0.2, 0.25) is 0 Å². The molecular weight excluding hydrogens is 330 g/mol. The number of aryl methyl sites for hydroxylation is 2. The van der Waals surface area contributed by atoms with E-state index in [1.54, 1.807) is 18.3 Å². The number of H-pyrrole nitrogens is 1. The average Bonchev–Trinajstić information content (AvgIpc) is 2.89. The van der Waals surface area contributed by atoms with E-state index in [0.29, 0.717) is 5.56 Å². The quantitative estimate of drug-likeness (QED) is 0.732. The van der Waals surface area contributed by atoms with Crippen molar-refractivity contribution in [3.05, 3.63) is 57.7 Å². The van der Waals surface area contributed by atoms with Crippen LogP contribution in [0.25, 0.3) is 10.9 Å². The molecule has 4 nitrogen and oxygen atoms in total. The molecule has 5 heteroatoms. The zero-order valence-electron chi connectivity index (χ0n) is 11.7. The van der Waals surface area contributed by atoms with E-state index in [-0.39, 0.29) is 5.91 Å². The van der Waals surface area contributed by atoms with E-state index in [0.717, 1.165) is 32.2 Å². The summed E-state index contributed by atoms with van der Waals surface area (Å²) < 4.78 is 0.885. The molecule has 0 atom stereocenters. The van der Waals surface area contributed by atoms with Crippen molar-refractivity contribution in [1.82, 2.24) is 10.2 Å².